The molecular weight excluding hydrogens is 482 g/mol. The molecule has 32 heavy (non-hydrogen) atoms. The van der Waals surface area contributed by atoms with Gasteiger partial charge < -0.3 is 32.0 Å². The van der Waals surface area contributed by atoms with Crippen LogP contribution in [-0.4, -0.2) is 23.1 Å². The van der Waals surface area contributed by atoms with E-state index in [1.165, 1.54) is 18.2 Å². The minimum Gasteiger partial charge on any atom is -0.506 e. The first kappa shape index (κ1) is 24.0. The summed E-state index contributed by atoms with van der Waals surface area (Å²) in [6.45, 7) is 0. The highest BCUT2D eigenvalue weighted by Gasteiger charge is 2.13. The van der Waals surface area contributed by atoms with Crippen LogP contribution in [0.5, 0.6) is 5.75 Å². The molecule has 0 saturated heterocycles. The number of urea groups is 2. The van der Waals surface area contributed by atoms with Gasteiger partial charge in [0.05, 0.1) is 22.6 Å². The maximum absolute atomic E-state index is 12.1. The van der Waals surface area contributed by atoms with E-state index in [0.717, 1.165) is 4.47 Å². The van der Waals surface area contributed by atoms with E-state index in [-0.39, 0.29) is 17.0 Å². The zero-order chi connectivity index (χ0) is 23.5. The molecule has 0 aliphatic carbocycles. The van der Waals surface area contributed by atoms with E-state index in [2.05, 4.69) is 43.5 Å². The Balaban J connectivity index is 0.000000837. The predicted octanol–water partition coefficient (Wildman–Crippen LogP) is 4.01. The largest absolute Gasteiger partial charge is 0.506 e. The Morgan fingerprint density at radius 3 is 2.06 bits per heavy atom. The van der Waals surface area contributed by atoms with Crippen molar-refractivity contribution in [3.8, 4) is 5.75 Å². The van der Waals surface area contributed by atoms with Crippen LogP contribution in [-0.2, 0) is 4.84 Å². The number of halogens is 1. The topological polar surface area (TPSA) is 169 Å². The van der Waals surface area contributed by atoms with Crippen LogP contribution in [0, 0.1) is 0 Å². The third-order valence-corrected chi connectivity index (χ3v) is 4.33. The van der Waals surface area contributed by atoms with Gasteiger partial charge in [0.1, 0.15) is 5.75 Å². The molecule has 0 aliphatic rings. The zero-order valence-electron chi connectivity index (χ0n) is 16.5. The monoisotopic (exact) mass is 501 g/mol. The Kier molecular flexibility index (Phi) is 8.87. The van der Waals surface area contributed by atoms with Gasteiger partial charge in [-0.15, -0.1) is 0 Å². The number of primary amides is 2. The first-order valence-corrected chi connectivity index (χ1v) is 9.78. The molecule has 0 aliphatic heterocycles. The molecule has 0 aromatic heterocycles. The highest BCUT2D eigenvalue weighted by atomic mass is 79.9. The van der Waals surface area contributed by atoms with Crippen LogP contribution in [0.25, 0.3) is 0 Å². The molecule has 8 N–H and O–H groups in total. The third-order valence-electron chi connectivity index (χ3n) is 3.64. The van der Waals surface area contributed by atoms with E-state index in [4.69, 9.17) is 9.63 Å². The van der Waals surface area contributed by atoms with Gasteiger partial charge in [0.25, 0.3) is 0 Å². The molecule has 3 rings (SSSR count). The molecular formula is C21H20BrN5O5. The number of benzene rings is 3. The van der Waals surface area contributed by atoms with Gasteiger partial charge in [-0.1, -0.05) is 30.3 Å². The number of nitrogens with two attached hydrogens (primary N) is 2. The van der Waals surface area contributed by atoms with Crippen molar-refractivity contribution < 1.29 is 24.3 Å². The van der Waals surface area contributed by atoms with Gasteiger partial charge in [0.2, 0.25) is 0 Å². The Morgan fingerprint density at radius 1 is 0.844 bits per heavy atom. The van der Waals surface area contributed by atoms with E-state index >= 15 is 0 Å². The average Bonchev–Trinajstić information content (AvgIpc) is 2.75. The Morgan fingerprint density at radius 2 is 1.44 bits per heavy atom. The van der Waals surface area contributed by atoms with Crippen LogP contribution in [0.3, 0.4) is 0 Å². The highest BCUT2D eigenvalue weighted by Crippen LogP contribution is 2.26. The smallest absolute Gasteiger partial charge is 0.362 e. The van der Waals surface area contributed by atoms with Crippen molar-refractivity contribution in [1.82, 2.24) is 0 Å². The van der Waals surface area contributed by atoms with Crippen molar-refractivity contribution in [3.63, 3.8) is 0 Å². The van der Waals surface area contributed by atoms with E-state index in [1.807, 2.05) is 12.1 Å². The summed E-state index contributed by atoms with van der Waals surface area (Å²) in [6.07, 6.45) is 0. The van der Waals surface area contributed by atoms with E-state index in [0.29, 0.717) is 11.4 Å². The van der Waals surface area contributed by atoms with E-state index in [1.54, 1.807) is 42.5 Å². The lowest BCUT2D eigenvalue weighted by molar-refractivity contribution is 0.0596. The number of hydrogen-bond donors (Lipinski definition) is 6. The maximum Gasteiger partial charge on any atom is 0.362 e. The molecule has 0 spiro atoms. The van der Waals surface area contributed by atoms with Crippen molar-refractivity contribution in [2.24, 2.45) is 11.5 Å². The maximum atomic E-state index is 12.1. The zero-order valence-corrected chi connectivity index (χ0v) is 18.1. The molecule has 11 heteroatoms. The highest BCUT2D eigenvalue weighted by molar-refractivity contribution is 9.10. The number of carbonyl (C=O) groups excluding carboxylic acids is 3. The van der Waals surface area contributed by atoms with Crippen molar-refractivity contribution >= 4 is 51.0 Å². The number of aromatic hydroxyl groups is 1. The van der Waals surface area contributed by atoms with Gasteiger partial charge in [0.15, 0.2) is 0 Å². The quantitative estimate of drug-likeness (QED) is 0.228. The van der Waals surface area contributed by atoms with Crippen molar-refractivity contribution in [1.29, 1.82) is 0 Å². The van der Waals surface area contributed by atoms with E-state index in [9.17, 15) is 14.7 Å². The second-order valence-corrected chi connectivity index (χ2v) is 6.91. The summed E-state index contributed by atoms with van der Waals surface area (Å²) >= 11 is 3.33. The normalized spacial score (nSPS) is 9.53. The van der Waals surface area contributed by atoms with Gasteiger partial charge in [0, 0.05) is 4.47 Å². The molecule has 0 radical (unpaired) electrons. The van der Waals surface area contributed by atoms with Gasteiger partial charge >= 0.3 is 18.0 Å². The molecule has 0 heterocycles. The van der Waals surface area contributed by atoms with Gasteiger partial charge in [-0.3, -0.25) is 0 Å². The summed E-state index contributed by atoms with van der Waals surface area (Å²) in [5.41, 5.74) is 12.5. The summed E-state index contributed by atoms with van der Waals surface area (Å²) in [5.74, 6) is -0.945. The molecule has 4 amide bonds. The lowest BCUT2D eigenvalue weighted by Gasteiger charge is -2.11. The molecule has 0 saturated carbocycles. The Bertz CT molecular complexity index is 1090. The van der Waals surface area contributed by atoms with Crippen molar-refractivity contribution in [2.75, 3.05) is 16.1 Å². The Labute approximate surface area is 191 Å². The van der Waals surface area contributed by atoms with Crippen LogP contribution in [0.1, 0.15) is 10.4 Å². The molecule has 166 valence electrons. The fraction of sp³-hybridized carbons (Fsp3) is 0. The van der Waals surface area contributed by atoms with Crippen LogP contribution in [0.15, 0.2) is 77.3 Å². The molecule has 10 nitrogen and oxygen atoms in total. The second-order valence-electron chi connectivity index (χ2n) is 6.05. The number of phenolic OH excluding ortho intramolecular Hbond substituents is 1. The number of carbonyl (C=O) groups is 3. The first-order valence-electron chi connectivity index (χ1n) is 8.99. The molecule has 0 unspecified atom stereocenters. The number of hydrogen-bond acceptors (Lipinski definition) is 6. The third kappa shape index (κ3) is 7.88. The van der Waals surface area contributed by atoms with Crippen molar-refractivity contribution in [2.45, 2.75) is 0 Å². The van der Waals surface area contributed by atoms with Crippen LogP contribution >= 0.6 is 15.9 Å². The fourth-order valence-corrected chi connectivity index (χ4v) is 2.66. The summed E-state index contributed by atoms with van der Waals surface area (Å²) in [4.78, 5) is 38.2. The lowest BCUT2D eigenvalue weighted by atomic mass is 10.2. The minimum absolute atomic E-state index is 0.123. The van der Waals surface area contributed by atoms with Crippen LogP contribution in [0.4, 0.5) is 26.7 Å². The summed E-state index contributed by atoms with van der Waals surface area (Å²) in [5, 5.41) is 15.3. The summed E-state index contributed by atoms with van der Waals surface area (Å²) in [6, 6.07) is 18.7. The number of anilines is 3. The molecule has 3 aromatic rings. The standard InChI is InChI=1S/C20H16BrN3O4.CH4N2O/c21-15-8-4-5-9-16(15)22-20(27)23-17-11-10-13(12-18(17)25)19(26)28-24-14-6-2-1-3-7-14;2-1(3)4/h1-12,24-25H,(H2,22,23,27);(H4,2,3,4). The number of phenols is 1. The molecule has 0 atom stereocenters. The molecule has 0 bridgehead atoms. The summed E-state index contributed by atoms with van der Waals surface area (Å²) in [7, 11) is 0. The number of amides is 4. The number of nitrogens with one attached hydrogen (secondary N) is 3. The first-order chi connectivity index (χ1) is 15.3. The predicted molar refractivity (Wildman–Crippen MR) is 124 cm³/mol. The van der Waals surface area contributed by atoms with E-state index < -0.39 is 18.0 Å². The number of para-hydroxylation sites is 2. The average molecular weight is 502 g/mol. The SMILES string of the molecule is NC(N)=O.O=C(Nc1ccc(C(=O)ONc2ccccc2)cc1O)Nc1ccccc1Br. The lowest BCUT2D eigenvalue weighted by Crippen LogP contribution is -2.20. The Hall–Kier alpha value is -4.25. The summed E-state index contributed by atoms with van der Waals surface area (Å²) < 4.78 is 0.721. The van der Waals surface area contributed by atoms with Gasteiger partial charge in [-0.25, -0.2) is 19.9 Å². The van der Waals surface area contributed by atoms with Crippen LogP contribution < -0.4 is 27.6 Å². The molecule has 0 fully saturated rings. The van der Waals surface area contributed by atoms with Crippen LogP contribution in [0.2, 0.25) is 0 Å². The van der Waals surface area contributed by atoms with Crippen molar-refractivity contribution in [3.05, 3.63) is 82.8 Å². The number of rotatable bonds is 5. The molecule has 3 aromatic carbocycles. The van der Waals surface area contributed by atoms with Gasteiger partial charge in [-0.05, 0) is 58.4 Å². The fourth-order valence-electron chi connectivity index (χ4n) is 2.27. The van der Waals surface area contributed by atoms with Gasteiger partial charge in [-0.2, -0.15) is 0 Å². The minimum atomic E-state index is -0.833. The second kappa shape index (κ2) is 11.8.